The number of halogens is 2. The molecular weight excluding hydrogens is 446 g/mol. The van der Waals surface area contributed by atoms with E-state index in [1.807, 2.05) is 62.1 Å². The number of piperidine rings is 1. The zero-order chi connectivity index (χ0) is 25.5. The van der Waals surface area contributed by atoms with Crippen LogP contribution in [0.4, 0.5) is 8.78 Å². The quantitative estimate of drug-likeness (QED) is 0.360. The fourth-order valence-corrected chi connectivity index (χ4v) is 4.83. The molecular formula is C29H40F2N2O2. The largest absolute Gasteiger partial charge is 0.460 e. The number of hydrogen-bond donors (Lipinski definition) is 0. The molecule has 2 atom stereocenters. The Morgan fingerprint density at radius 1 is 1.09 bits per heavy atom. The van der Waals surface area contributed by atoms with Gasteiger partial charge in [-0.15, -0.1) is 0 Å². The van der Waals surface area contributed by atoms with Crippen molar-refractivity contribution in [1.82, 2.24) is 9.80 Å². The van der Waals surface area contributed by atoms with Crippen molar-refractivity contribution < 1.29 is 18.3 Å². The Balaban J connectivity index is 1.86. The van der Waals surface area contributed by atoms with Gasteiger partial charge >= 0.3 is 5.97 Å². The van der Waals surface area contributed by atoms with Crippen LogP contribution in [0.25, 0.3) is 0 Å². The van der Waals surface area contributed by atoms with Crippen LogP contribution in [0.2, 0.25) is 0 Å². The van der Waals surface area contributed by atoms with Gasteiger partial charge in [0.25, 0.3) is 5.92 Å². The van der Waals surface area contributed by atoms with Crippen molar-refractivity contribution in [3.05, 3.63) is 71.8 Å². The van der Waals surface area contributed by atoms with E-state index in [1.54, 1.807) is 0 Å². The Bertz CT molecular complexity index is 915. The number of nitrogens with zero attached hydrogens (tertiary/aromatic N) is 2. The number of rotatable bonds is 10. The summed E-state index contributed by atoms with van der Waals surface area (Å²) >= 11 is 0. The maximum atomic E-state index is 14.0. The number of likely N-dealkylation sites (tertiary alicyclic amines) is 1. The molecule has 0 radical (unpaired) electrons. The lowest BCUT2D eigenvalue weighted by molar-refractivity contribution is -0.156. The predicted molar refractivity (Wildman–Crippen MR) is 136 cm³/mol. The van der Waals surface area contributed by atoms with Gasteiger partial charge in [0.2, 0.25) is 0 Å². The Kier molecular flexibility index (Phi) is 9.42. The van der Waals surface area contributed by atoms with E-state index in [2.05, 4.69) is 36.1 Å². The second kappa shape index (κ2) is 12.1. The predicted octanol–water partition coefficient (Wildman–Crippen LogP) is 6.47. The number of alkyl halides is 2. The van der Waals surface area contributed by atoms with Crippen LogP contribution >= 0.6 is 0 Å². The van der Waals surface area contributed by atoms with Crippen molar-refractivity contribution in [2.75, 3.05) is 19.6 Å². The van der Waals surface area contributed by atoms with Gasteiger partial charge in [-0.1, -0.05) is 60.7 Å². The van der Waals surface area contributed by atoms with E-state index in [9.17, 15) is 13.6 Å². The summed E-state index contributed by atoms with van der Waals surface area (Å²) in [6.07, 6.45) is 1.28. The van der Waals surface area contributed by atoms with Crippen LogP contribution in [-0.2, 0) is 16.1 Å². The molecule has 2 aromatic carbocycles. The molecule has 0 aromatic heterocycles. The second-order valence-electron chi connectivity index (χ2n) is 10.7. The molecule has 1 aliphatic heterocycles. The Labute approximate surface area is 209 Å². The minimum Gasteiger partial charge on any atom is -0.460 e. The topological polar surface area (TPSA) is 32.8 Å². The Hall–Kier alpha value is -2.31. The van der Waals surface area contributed by atoms with Gasteiger partial charge in [0.05, 0.1) is 13.0 Å². The van der Waals surface area contributed by atoms with Crippen LogP contribution < -0.4 is 0 Å². The van der Waals surface area contributed by atoms with E-state index in [4.69, 9.17) is 4.74 Å². The molecule has 2 aromatic rings. The van der Waals surface area contributed by atoms with Crippen LogP contribution in [0, 0.1) is 0 Å². The molecule has 1 aliphatic rings. The van der Waals surface area contributed by atoms with Crippen LogP contribution in [0.15, 0.2) is 60.7 Å². The van der Waals surface area contributed by atoms with Crippen molar-refractivity contribution in [3.63, 3.8) is 0 Å². The standard InChI is InChI=1S/C29H40F2N2O2/c1-23(25-14-9-6-10-15-25)33(21-24-12-7-5-8-13-24)26(20-27(34)35-28(2,3)4)16-19-32-18-11-17-29(30,31)22-32/h5-10,12-15,23,26H,11,16-22H2,1-4H3/t23-,26-/m0/s1. The van der Waals surface area contributed by atoms with Crippen molar-refractivity contribution in [3.8, 4) is 0 Å². The molecule has 192 valence electrons. The van der Waals surface area contributed by atoms with E-state index in [-0.39, 0.29) is 37.4 Å². The third-order valence-corrected chi connectivity index (χ3v) is 6.53. The molecule has 0 bridgehead atoms. The molecule has 35 heavy (non-hydrogen) atoms. The number of ether oxygens (including phenoxy) is 1. The summed E-state index contributed by atoms with van der Waals surface area (Å²) in [5.74, 6) is -2.90. The molecule has 4 nitrogen and oxygen atoms in total. The van der Waals surface area contributed by atoms with Crippen molar-refractivity contribution in [2.45, 2.75) is 83.5 Å². The third kappa shape index (κ3) is 9.01. The smallest absolute Gasteiger partial charge is 0.307 e. The maximum absolute atomic E-state index is 14.0. The lowest BCUT2D eigenvalue weighted by Gasteiger charge is -2.39. The summed E-state index contributed by atoms with van der Waals surface area (Å²) in [6, 6.07) is 20.3. The molecule has 6 heteroatoms. The van der Waals surface area contributed by atoms with Gasteiger partial charge in [0.1, 0.15) is 5.60 Å². The van der Waals surface area contributed by atoms with E-state index in [1.165, 1.54) is 0 Å². The van der Waals surface area contributed by atoms with Gasteiger partial charge in [-0.05, 0) is 64.8 Å². The number of esters is 1. The Morgan fingerprint density at radius 2 is 1.71 bits per heavy atom. The number of carbonyl (C=O) groups excluding carboxylic acids is 1. The summed E-state index contributed by atoms with van der Waals surface area (Å²) in [4.78, 5) is 17.1. The molecule has 0 amide bonds. The average molecular weight is 487 g/mol. The SMILES string of the molecule is C[C@@H](c1ccccc1)N(Cc1ccccc1)[C@@H](CCN1CCCC(F)(F)C1)CC(=O)OC(C)(C)C. The summed E-state index contributed by atoms with van der Waals surface area (Å²) in [6.45, 7) is 9.38. The van der Waals surface area contributed by atoms with Gasteiger partial charge in [-0.25, -0.2) is 8.78 Å². The summed E-state index contributed by atoms with van der Waals surface area (Å²) in [5.41, 5.74) is 1.72. The highest BCUT2D eigenvalue weighted by Crippen LogP contribution is 2.30. The highest BCUT2D eigenvalue weighted by molar-refractivity contribution is 5.70. The number of carbonyl (C=O) groups is 1. The molecule has 0 spiro atoms. The highest BCUT2D eigenvalue weighted by Gasteiger charge is 2.36. The molecule has 0 aliphatic carbocycles. The number of hydrogen-bond acceptors (Lipinski definition) is 4. The van der Waals surface area contributed by atoms with Crippen molar-refractivity contribution >= 4 is 5.97 Å². The maximum Gasteiger partial charge on any atom is 0.307 e. The minimum atomic E-state index is -2.64. The van der Waals surface area contributed by atoms with E-state index < -0.39 is 11.5 Å². The summed E-state index contributed by atoms with van der Waals surface area (Å²) in [7, 11) is 0. The van der Waals surface area contributed by atoms with Crippen molar-refractivity contribution in [2.24, 2.45) is 0 Å². The lowest BCUT2D eigenvalue weighted by Crippen LogP contribution is -2.46. The zero-order valence-electron chi connectivity index (χ0n) is 21.6. The van der Waals surface area contributed by atoms with E-state index in [0.29, 0.717) is 32.5 Å². The fraction of sp³-hybridized carbons (Fsp3) is 0.552. The Morgan fingerprint density at radius 3 is 2.31 bits per heavy atom. The van der Waals surface area contributed by atoms with Gasteiger partial charge < -0.3 is 4.74 Å². The molecule has 3 rings (SSSR count). The molecule has 1 fully saturated rings. The first-order valence-corrected chi connectivity index (χ1v) is 12.7. The average Bonchev–Trinajstić information content (AvgIpc) is 2.79. The van der Waals surface area contributed by atoms with Crippen LogP contribution in [0.3, 0.4) is 0 Å². The monoisotopic (exact) mass is 486 g/mol. The van der Waals surface area contributed by atoms with Gasteiger partial charge in [-0.2, -0.15) is 0 Å². The molecule has 0 unspecified atom stereocenters. The summed E-state index contributed by atoms with van der Waals surface area (Å²) in [5, 5.41) is 0. The summed E-state index contributed by atoms with van der Waals surface area (Å²) < 4.78 is 33.8. The first kappa shape index (κ1) is 27.3. The molecule has 0 N–H and O–H groups in total. The van der Waals surface area contributed by atoms with Gasteiger partial charge in [0, 0.05) is 25.0 Å². The van der Waals surface area contributed by atoms with Crippen LogP contribution in [0.1, 0.15) is 70.5 Å². The van der Waals surface area contributed by atoms with Gasteiger partial charge in [-0.3, -0.25) is 14.6 Å². The number of benzene rings is 2. The lowest BCUT2D eigenvalue weighted by atomic mass is 9.99. The van der Waals surface area contributed by atoms with Crippen molar-refractivity contribution in [1.29, 1.82) is 0 Å². The zero-order valence-corrected chi connectivity index (χ0v) is 21.6. The fourth-order valence-electron chi connectivity index (χ4n) is 4.83. The van der Waals surface area contributed by atoms with Crippen LogP contribution in [0.5, 0.6) is 0 Å². The van der Waals surface area contributed by atoms with Gasteiger partial charge in [0.15, 0.2) is 0 Å². The normalized spacial score (nSPS) is 18.3. The van der Waals surface area contributed by atoms with Crippen LogP contribution in [-0.4, -0.2) is 53.0 Å². The highest BCUT2D eigenvalue weighted by atomic mass is 19.3. The third-order valence-electron chi connectivity index (χ3n) is 6.53. The van der Waals surface area contributed by atoms with E-state index in [0.717, 1.165) is 11.1 Å². The van der Waals surface area contributed by atoms with E-state index >= 15 is 0 Å². The first-order chi connectivity index (χ1) is 16.5. The minimum absolute atomic E-state index is 0.0339. The molecule has 0 saturated carbocycles. The molecule has 1 heterocycles. The first-order valence-electron chi connectivity index (χ1n) is 12.7. The second-order valence-corrected chi connectivity index (χ2v) is 10.7. The molecule has 1 saturated heterocycles.